The van der Waals surface area contributed by atoms with E-state index in [9.17, 15) is 9.59 Å². The van der Waals surface area contributed by atoms with Gasteiger partial charge < -0.3 is 4.98 Å². The molecule has 1 N–H and O–H groups in total. The van der Waals surface area contributed by atoms with Gasteiger partial charge in [0.25, 0.3) is 5.56 Å². The summed E-state index contributed by atoms with van der Waals surface area (Å²) in [5.74, 6) is 0.675. The minimum absolute atomic E-state index is 0.0773. The number of nitrogens with one attached hydrogen (secondary N) is 1. The number of aromatic amines is 1. The van der Waals surface area contributed by atoms with Crippen molar-refractivity contribution < 1.29 is 0 Å². The summed E-state index contributed by atoms with van der Waals surface area (Å²) in [6, 6.07) is 7.49. The molecule has 162 valence electrons. The number of imidazole rings is 1. The Morgan fingerprint density at radius 3 is 2.71 bits per heavy atom. The zero-order chi connectivity index (χ0) is 22.0. The summed E-state index contributed by atoms with van der Waals surface area (Å²) in [6.07, 6.45) is 1.73. The second kappa shape index (κ2) is 9.03. The van der Waals surface area contributed by atoms with Crippen LogP contribution in [0.2, 0.25) is 10.3 Å². The van der Waals surface area contributed by atoms with Crippen molar-refractivity contribution in [1.29, 1.82) is 0 Å². The average Bonchev–Trinajstić information content (AvgIpc) is 3.34. The lowest BCUT2D eigenvalue weighted by molar-refractivity contribution is 0.477. The van der Waals surface area contributed by atoms with E-state index in [4.69, 9.17) is 23.2 Å². The monoisotopic (exact) mass is 462 g/mol. The smallest absolute Gasteiger partial charge is 0.323 e. The maximum absolute atomic E-state index is 12.9. The molecular weight excluding hydrogens is 443 g/mol. The minimum atomic E-state index is -0.442. The summed E-state index contributed by atoms with van der Waals surface area (Å²) in [6.45, 7) is 3.05. The van der Waals surface area contributed by atoms with Crippen molar-refractivity contribution in [3.8, 4) is 0 Å². The summed E-state index contributed by atoms with van der Waals surface area (Å²) in [5, 5.41) is 12.6. The third kappa shape index (κ3) is 4.40. The summed E-state index contributed by atoms with van der Waals surface area (Å²) in [7, 11) is 0. The molecule has 3 aromatic heterocycles. The highest BCUT2D eigenvalue weighted by molar-refractivity contribution is 6.30. The van der Waals surface area contributed by atoms with E-state index in [1.807, 2.05) is 25.1 Å². The Morgan fingerprint density at radius 1 is 1.10 bits per heavy atom. The number of halogens is 2. The van der Waals surface area contributed by atoms with Crippen LogP contribution in [0.3, 0.4) is 0 Å². The molecule has 0 radical (unpaired) electrons. The van der Waals surface area contributed by atoms with Crippen LogP contribution in [0, 0.1) is 0 Å². The number of tetrazole rings is 1. The third-order valence-electron chi connectivity index (χ3n) is 4.89. The Labute approximate surface area is 186 Å². The van der Waals surface area contributed by atoms with Gasteiger partial charge in [-0.2, -0.15) is 4.98 Å². The molecule has 0 amide bonds. The quantitative estimate of drug-likeness (QED) is 0.401. The van der Waals surface area contributed by atoms with Crippen LogP contribution in [0.5, 0.6) is 0 Å². The molecule has 0 aliphatic carbocycles. The van der Waals surface area contributed by atoms with Crippen LogP contribution in [-0.4, -0.2) is 39.3 Å². The summed E-state index contributed by atoms with van der Waals surface area (Å²) in [4.78, 5) is 32.6. The van der Waals surface area contributed by atoms with E-state index >= 15 is 0 Å². The normalized spacial score (nSPS) is 11.5. The van der Waals surface area contributed by atoms with E-state index in [0.717, 1.165) is 12.0 Å². The van der Waals surface area contributed by atoms with Crippen molar-refractivity contribution in [2.45, 2.75) is 45.8 Å². The SMILES string of the molecule is CCCn1c(=O)n(CCCn2nnnc2Cc2cccc(Cl)c2)c(=O)c2[nH]c(Cl)nc21. The molecular formula is C19H20Cl2N8O2. The molecule has 12 heteroatoms. The Kier molecular flexibility index (Phi) is 6.19. The van der Waals surface area contributed by atoms with Gasteiger partial charge in [0.1, 0.15) is 0 Å². The molecule has 0 aliphatic heterocycles. The highest BCUT2D eigenvalue weighted by Gasteiger charge is 2.16. The van der Waals surface area contributed by atoms with E-state index < -0.39 is 11.2 Å². The van der Waals surface area contributed by atoms with E-state index in [1.54, 1.807) is 10.7 Å². The standard InChI is InChI=1S/C19H20Cl2N8O2/c1-2-7-27-16-15(22-18(21)23-16)17(30)28(19(27)31)8-4-9-29-14(24-25-26-29)11-12-5-3-6-13(20)10-12/h3,5-6,10H,2,4,7-9,11H2,1H3,(H,22,23). The third-order valence-corrected chi connectivity index (χ3v) is 5.30. The van der Waals surface area contributed by atoms with Gasteiger partial charge >= 0.3 is 5.69 Å². The van der Waals surface area contributed by atoms with Crippen LogP contribution < -0.4 is 11.2 Å². The largest absolute Gasteiger partial charge is 0.332 e. The Bertz CT molecular complexity index is 1340. The van der Waals surface area contributed by atoms with Crippen LogP contribution in [0.4, 0.5) is 0 Å². The molecule has 3 heterocycles. The Morgan fingerprint density at radius 2 is 1.94 bits per heavy atom. The molecule has 0 saturated heterocycles. The number of hydrogen-bond donors (Lipinski definition) is 1. The van der Waals surface area contributed by atoms with Gasteiger partial charge in [0.15, 0.2) is 17.0 Å². The maximum Gasteiger partial charge on any atom is 0.332 e. The van der Waals surface area contributed by atoms with Gasteiger partial charge in [-0.05, 0) is 52.6 Å². The molecule has 0 spiro atoms. The number of fused-ring (bicyclic) bond motifs is 1. The molecule has 0 bridgehead atoms. The van der Waals surface area contributed by atoms with Gasteiger partial charge in [-0.15, -0.1) is 5.10 Å². The summed E-state index contributed by atoms with van der Waals surface area (Å²) >= 11 is 12.0. The Hall–Kier alpha value is -2.98. The first-order valence-corrected chi connectivity index (χ1v) is 10.6. The first kappa shape index (κ1) is 21.3. The second-order valence-corrected chi connectivity index (χ2v) is 7.89. The van der Waals surface area contributed by atoms with Gasteiger partial charge in [-0.25, -0.2) is 9.48 Å². The number of H-pyrrole nitrogens is 1. The number of aryl methyl sites for hydroxylation is 2. The lowest BCUT2D eigenvalue weighted by atomic mass is 10.1. The first-order valence-electron chi connectivity index (χ1n) is 9.86. The Balaban J connectivity index is 1.54. The van der Waals surface area contributed by atoms with Crippen molar-refractivity contribution in [3.05, 3.63) is 66.8 Å². The van der Waals surface area contributed by atoms with Crippen LogP contribution in [-0.2, 0) is 26.1 Å². The number of hydrogen-bond acceptors (Lipinski definition) is 6. The van der Waals surface area contributed by atoms with Gasteiger partial charge in [-0.3, -0.25) is 13.9 Å². The van der Waals surface area contributed by atoms with Crippen LogP contribution in [0.25, 0.3) is 11.2 Å². The molecule has 0 fully saturated rings. The fourth-order valence-electron chi connectivity index (χ4n) is 3.49. The van der Waals surface area contributed by atoms with Gasteiger partial charge in [0.05, 0.1) is 0 Å². The highest BCUT2D eigenvalue weighted by atomic mass is 35.5. The molecule has 0 unspecified atom stereocenters. The lowest BCUT2D eigenvalue weighted by Crippen LogP contribution is -2.40. The van der Waals surface area contributed by atoms with E-state index in [2.05, 4.69) is 25.5 Å². The molecule has 0 saturated carbocycles. The maximum atomic E-state index is 12.9. The van der Waals surface area contributed by atoms with Gasteiger partial charge in [-0.1, -0.05) is 30.7 Å². The van der Waals surface area contributed by atoms with E-state index in [-0.39, 0.29) is 23.0 Å². The molecule has 10 nitrogen and oxygen atoms in total. The number of benzene rings is 1. The summed E-state index contributed by atoms with van der Waals surface area (Å²) in [5.41, 5.74) is 0.648. The zero-order valence-electron chi connectivity index (χ0n) is 16.8. The molecule has 4 rings (SSSR count). The number of nitrogens with zero attached hydrogens (tertiary/aromatic N) is 7. The van der Waals surface area contributed by atoms with Crippen LogP contribution in [0.1, 0.15) is 31.2 Å². The van der Waals surface area contributed by atoms with Gasteiger partial charge in [0, 0.05) is 31.1 Å². The van der Waals surface area contributed by atoms with Crippen molar-refractivity contribution in [2.75, 3.05) is 0 Å². The fourth-order valence-corrected chi connectivity index (χ4v) is 3.88. The number of aromatic nitrogens is 8. The number of rotatable bonds is 8. The lowest BCUT2D eigenvalue weighted by Gasteiger charge is -2.11. The van der Waals surface area contributed by atoms with E-state index in [1.165, 1.54) is 9.13 Å². The minimum Gasteiger partial charge on any atom is -0.323 e. The molecule has 0 aliphatic rings. The van der Waals surface area contributed by atoms with E-state index in [0.29, 0.717) is 36.8 Å². The van der Waals surface area contributed by atoms with Crippen molar-refractivity contribution in [3.63, 3.8) is 0 Å². The van der Waals surface area contributed by atoms with Crippen molar-refractivity contribution in [2.24, 2.45) is 0 Å². The zero-order valence-corrected chi connectivity index (χ0v) is 18.3. The molecule has 1 aromatic carbocycles. The average molecular weight is 463 g/mol. The summed E-state index contributed by atoms with van der Waals surface area (Å²) < 4.78 is 4.34. The van der Waals surface area contributed by atoms with Crippen LogP contribution >= 0.6 is 23.2 Å². The van der Waals surface area contributed by atoms with Crippen molar-refractivity contribution in [1.82, 2.24) is 39.3 Å². The predicted octanol–water partition coefficient (Wildman–Crippen LogP) is 2.27. The topological polar surface area (TPSA) is 116 Å². The van der Waals surface area contributed by atoms with Gasteiger partial charge in [0.2, 0.25) is 5.28 Å². The van der Waals surface area contributed by atoms with Crippen molar-refractivity contribution >= 4 is 34.4 Å². The highest BCUT2D eigenvalue weighted by Crippen LogP contribution is 2.14. The molecule has 31 heavy (non-hydrogen) atoms. The first-order chi connectivity index (χ1) is 15.0. The second-order valence-electron chi connectivity index (χ2n) is 7.10. The fraction of sp³-hybridized carbons (Fsp3) is 0.368. The predicted molar refractivity (Wildman–Crippen MR) is 117 cm³/mol. The molecule has 0 atom stereocenters. The molecule has 4 aromatic rings. The van der Waals surface area contributed by atoms with Crippen LogP contribution in [0.15, 0.2) is 33.9 Å².